The van der Waals surface area contributed by atoms with E-state index in [0.29, 0.717) is 29.3 Å². The van der Waals surface area contributed by atoms with Crippen LogP contribution in [0.5, 0.6) is 0 Å². The summed E-state index contributed by atoms with van der Waals surface area (Å²) >= 11 is 5.65. The first-order valence-electron chi connectivity index (χ1n) is 9.14. The minimum Gasteiger partial charge on any atom is -0.355 e. The van der Waals surface area contributed by atoms with Crippen molar-refractivity contribution in [2.45, 2.75) is 31.3 Å². The van der Waals surface area contributed by atoms with Crippen LogP contribution in [0.3, 0.4) is 0 Å². The molecule has 0 bridgehead atoms. The predicted molar refractivity (Wildman–Crippen MR) is 110 cm³/mol. The molecule has 0 atom stereocenters. The summed E-state index contributed by atoms with van der Waals surface area (Å²) in [6.07, 6.45) is -4.11. The maximum absolute atomic E-state index is 13.3. The molecule has 2 aromatic rings. The summed E-state index contributed by atoms with van der Waals surface area (Å²) in [7, 11) is -4.30. The van der Waals surface area contributed by atoms with E-state index in [1.54, 1.807) is 6.07 Å². The summed E-state index contributed by atoms with van der Waals surface area (Å²) in [6, 6.07) is 9.91. The molecule has 2 rings (SSSR count). The van der Waals surface area contributed by atoms with Gasteiger partial charge in [-0.05, 0) is 42.7 Å². The molecule has 0 aliphatic rings. The van der Waals surface area contributed by atoms with E-state index in [2.05, 4.69) is 5.32 Å². The lowest BCUT2D eigenvalue weighted by atomic mass is 10.1. The van der Waals surface area contributed by atoms with Gasteiger partial charge in [-0.15, -0.1) is 0 Å². The van der Waals surface area contributed by atoms with Crippen molar-refractivity contribution >= 4 is 33.2 Å². The van der Waals surface area contributed by atoms with Gasteiger partial charge in [0.2, 0.25) is 5.91 Å². The number of carbonyl (C=O) groups is 1. The van der Waals surface area contributed by atoms with Gasteiger partial charge in [0.05, 0.1) is 21.2 Å². The molecule has 0 unspecified atom stereocenters. The largest absolute Gasteiger partial charge is 0.417 e. The van der Waals surface area contributed by atoms with Crippen molar-refractivity contribution in [1.29, 1.82) is 0 Å². The number of nitrogens with zero attached hydrogens (tertiary/aromatic N) is 1. The second-order valence-corrected chi connectivity index (χ2v) is 9.29. The highest BCUT2D eigenvalue weighted by atomic mass is 35.5. The topological polar surface area (TPSA) is 66.5 Å². The van der Waals surface area contributed by atoms with E-state index in [0.717, 1.165) is 12.1 Å². The number of amides is 1. The molecule has 1 amide bonds. The summed E-state index contributed by atoms with van der Waals surface area (Å²) in [5, 5.41) is 2.04. The van der Waals surface area contributed by atoms with Crippen molar-refractivity contribution in [2.24, 2.45) is 5.92 Å². The Morgan fingerprint density at radius 1 is 1.13 bits per heavy atom. The molecule has 0 saturated carbocycles. The van der Waals surface area contributed by atoms with Crippen LogP contribution in [-0.4, -0.2) is 27.4 Å². The van der Waals surface area contributed by atoms with Gasteiger partial charge >= 0.3 is 6.18 Å². The molecule has 5 nitrogen and oxygen atoms in total. The fourth-order valence-corrected chi connectivity index (χ4v) is 4.27. The fraction of sp³-hybridized carbons (Fsp3) is 0.350. The number of anilines is 1. The van der Waals surface area contributed by atoms with E-state index in [9.17, 15) is 26.4 Å². The lowest BCUT2D eigenvalue weighted by molar-refractivity contribution is -0.137. The molecule has 0 heterocycles. The van der Waals surface area contributed by atoms with Gasteiger partial charge in [0, 0.05) is 6.54 Å². The highest BCUT2D eigenvalue weighted by Gasteiger charge is 2.35. The quantitative estimate of drug-likeness (QED) is 0.617. The monoisotopic (exact) mass is 462 g/mol. The molecule has 0 aromatic heterocycles. The van der Waals surface area contributed by atoms with Crippen LogP contribution < -0.4 is 9.62 Å². The van der Waals surface area contributed by atoms with E-state index < -0.39 is 39.2 Å². The minimum atomic E-state index is -4.78. The van der Waals surface area contributed by atoms with Crippen molar-refractivity contribution in [3.63, 3.8) is 0 Å². The zero-order chi connectivity index (χ0) is 22.5. The predicted octanol–water partition coefficient (Wildman–Crippen LogP) is 4.72. The fourth-order valence-electron chi connectivity index (χ4n) is 2.61. The number of alkyl halides is 3. The van der Waals surface area contributed by atoms with Gasteiger partial charge in [-0.3, -0.25) is 9.10 Å². The molecular weight excluding hydrogens is 441 g/mol. The summed E-state index contributed by atoms with van der Waals surface area (Å²) in [6.45, 7) is 3.58. The van der Waals surface area contributed by atoms with Crippen LogP contribution in [0.4, 0.5) is 18.9 Å². The average molecular weight is 463 g/mol. The van der Waals surface area contributed by atoms with Crippen molar-refractivity contribution in [3.8, 4) is 0 Å². The first kappa shape index (κ1) is 24.0. The third-order valence-corrected chi connectivity index (χ3v) is 6.32. The second-order valence-electron chi connectivity index (χ2n) is 7.02. The van der Waals surface area contributed by atoms with Crippen LogP contribution in [-0.2, 0) is 21.0 Å². The van der Waals surface area contributed by atoms with Crippen LogP contribution in [0, 0.1) is 5.92 Å². The van der Waals surface area contributed by atoms with E-state index in [1.165, 1.54) is 24.3 Å². The van der Waals surface area contributed by atoms with Crippen molar-refractivity contribution in [2.75, 3.05) is 17.4 Å². The van der Waals surface area contributed by atoms with Crippen molar-refractivity contribution in [3.05, 3.63) is 59.1 Å². The summed E-state index contributed by atoms with van der Waals surface area (Å²) in [4.78, 5) is 12.2. The van der Waals surface area contributed by atoms with E-state index in [4.69, 9.17) is 11.6 Å². The molecule has 0 radical (unpaired) electrons. The van der Waals surface area contributed by atoms with Gasteiger partial charge in [-0.1, -0.05) is 43.6 Å². The van der Waals surface area contributed by atoms with E-state index >= 15 is 0 Å². The average Bonchev–Trinajstić information content (AvgIpc) is 2.66. The molecule has 10 heteroatoms. The molecule has 0 aliphatic heterocycles. The molecule has 0 fully saturated rings. The molecule has 0 saturated heterocycles. The third-order valence-electron chi connectivity index (χ3n) is 4.21. The molecule has 164 valence electrons. The molecule has 0 aliphatic carbocycles. The second kappa shape index (κ2) is 9.70. The Morgan fingerprint density at radius 2 is 1.77 bits per heavy atom. The Balaban J connectivity index is 2.46. The Labute approximate surface area is 178 Å². The van der Waals surface area contributed by atoms with Crippen LogP contribution in [0.15, 0.2) is 53.4 Å². The van der Waals surface area contributed by atoms with E-state index in [-0.39, 0.29) is 10.6 Å². The third kappa shape index (κ3) is 6.12. The van der Waals surface area contributed by atoms with Crippen LogP contribution in [0.25, 0.3) is 0 Å². The molecular formula is C20H22ClF3N2O3S. The number of hydrogen-bond donors (Lipinski definition) is 1. The smallest absolute Gasteiger partial charge is 0.355 e. The molecule has 30 heavy (non-hydrogen) atoms. The van der Waals surface area contributed by atoms with Gasteiger partial charge in [0.25, 0.3) is 10.0 Å². The molecule has 0 spiro atoms. The number of sulfonamides is 1. The van der Waals surface area contributed by atoms with Gasteiger partial charge in [-0.2, -0.15) is 13.2 Å². The Kier molecular flexibility index (Phi) is 7.76. The normalized spacial score (nSPS) is 12.1. The number of nitrogens with one attached hydrogen (secondary N) is 1. The molecule has 1 N–H and O–H groups in total. The number of hydrogen-bond acceptors (Lipinski definition) is 3. The van der Waals surface area contributed by atoms with E-state index in [1.807, 2.05) is 13.8 Å². The lowest BCUT2D eigenvalue weighted by Crippen LogP contribution is -2.41. The van der Waals surface area contributed by atoms with Gasteiger partial charge in [-0.25, -0.2) is 8.42 Å². The van der Waals surface area contributed by atoms with Crippen LogP contribution >= 0.6 is 11.6 Å². The standard InChI is InChI=1S/C20H22ClF3N2O3S/c1-14(2)10-11-25-19(27)13-26(30(28,29)16-6-4-3-5-7-16)15-8-9-18(21)17(12-15)20(22,23)24/h3-9,12,14H,10-11,13H2,1-2H3,(H,25,27). The van der Waals surface area contributed by atoms with Crippen molar-refractivity contribution < 1.29 is 26.4 Å². The Hall–Kier alpha value is -2.26. The molecule has 2 aromatic carbocycles. The Bertz CT molecular complexity index is 981. The summed E-state index contributed by atoms with van der Waals surface area (Å²) in [5.74, 6) is -0.307. The highest BCUT2D eigenvalue weighted by Crippen LogP contribution is 2.37. The van der Waals surface area contributed by atoms with Gasteiger partial charge in [0.1, 0.15) is 6.54 Å². The summed E-state index contributed by atoms with van der Waals surface area (Å²) < 4.78 is 66.8. The van der Waals surface area contributed by atoms with Crippen LogP contribution in [0.2, 0.25) is 5.02 Å². The number of rotatable bonds is 8. The first-order chi connectivity index (χ1) is 13.9. The number of carbonyl (C=O) groups excluding carboxylic acids is 1. The van der Waals surface area contributed by atoms with Gasteiger partial charge < -0.3 is 5.32 Å². The van der Waals surface area contributed by atoms with Gasteiger partial charge in [0.15, 0.2) is 0 Å². The maximum Gasteiger partial charge on any atom is 0.417 e. The zero-order valence-electron chi connectivity index (χ0n) is 16.4. The maximum atomic E-state index is 13.3. The van der Waals surface area contributed by atoms with Crippen LogP contribution in [0.1, 0.15) is 25.8 Å². The SMILES string of the molecule is CC(C)CCNC(=O)CN(c1ccc(Cl)c(C(F)(F)F)c1)S(=O)(=O)c1ccccc1. The van der Waals surface area contributed by atoms with Crippen molar-refractivity contribution in [1.82, 2.24) is 5.32 Å². The first-order valence-corrected chi connectivity index (χ1v) is 11.0. The summed E-state index contributed by atoms with van der Waals surface area (Å²) in [5.41, 5.74) is -1.50. The number of benzene rings is 2. The Morgan fingerprint density at radius 3 is 2.33 bits per heavy atom. The lowest BCUT2D eigenvalue weighted by Gasteiger charge is -2.25. The zero-order valence-corrected chi connectivity index (χ0v) is 18.0. The highest BCUT2D eigenvalue weighted by molar-refractivity contribution is 7.92. The number of halogens is 4. The minimum absolute atomic E-state index is 0.150.